The Bertz CT molecular complexity index is 370. The molecule has 7 nitrogen and oxygen atoms in total. The SMILES string of the molecule is CCO[C@H]1[C@@H]2OC(C)(C)OC[C@@H]2O[C@]1(OCC)C(=O)O. The lowest BCUT2D eigenvalue weighted by molar-refractivity contribution is -0.303. The highest BCUT2D eigenvalue weighted by molar-refractivity contribution is 5.77. The van der Waals surface area contributed by atoms with Crippen molar-refractivity contribution < 1.29 is 33.6 Å². The molecule has 0 aliphatic carbocycles. The molecule has 4 atom stereocenters. The van der Waals surface area contributed by atoms with Gasteiger partial charge in [0.1, 0.15) is 12.2 Å². The van der Waals surface area contributed by atoms with Crippen LogP contribution in [0.25, 0.3) is 0 Å². The normalized spacial score (nSPS) is 39.5. The second-order valence-electron chi connectivity index (χ2n) is 5.23. The van der Waals surface area contributed by atoms with Crippen molar-refractivity contribution in [2.75, 3.05) is 19.8 Å². The zero-order chi connectivity index (χ0) is 15.0. The summed E-state index contributed by atoms with van der Waals surface area (Å²) in [5.74, 6) is -3.86. The lowest BCUT2D eigenvalue weighted by atomic mass is 10.0. The van der Waals surface area contributed by atoms with Crippen molar-refractivity contribution in [3.63, 3.8) is 0 Å². The van der Waals surface area contributed by atoms with Crippen LogP contribution in [-0.2, 0) is 28.5 Å². The third kappa shape index (κ3) is 2.56. The van der Waals surface area contributed by atoms with E-state index < -0.39 is 35.9 Å². The van der Waals surface area contributed by atoms with Crippen LogP contribution in [0.3, 0.4) is 0 Å². The number of fused-ring (bicyclic) bond motifs is 1. The quantitative estimate of drug-likeness (QED) is 0.800. The van der Waals surface area contributed by atoms with E-state index in [9.17, 15) is 9.90 Å². The Hall–Kier alpha value is -0.730. The van der Waals surface area contributed by atoms with Crippen molar-refractivity contribution in [1.82, 2.24) is 0 Å². The maximum absolute atomic E-state index is 11.7. The molecule has 0 unspecified atom stereocenters. The number of ether oxygens (including phenoxy) is 5. The molecule has 0 aromatic rings. The minimum absolute atomic E-state index is 0.194. The number of rotatable bonds is 5. The molecule has 2 rings (SSSR count). The Morgan fingerprint density at radius 2 is 2.00 bits per heavy atom. The van der Waals surface area contributed by atoms with E-state index in [1.54, 1.807) is 27.7 Å². The summed E-state index contributed by atoms with van der Waals surface area (Å²) >= 11 is 0. The molecule has 0 aromatic carbocycles. The Morgan fingerprint density at radius 1 is 1.30 bits per heavy atom. The molecule has 2 fully saturated rings. The first-order valence-corrected chi connectivity index (χ1v) is 6.85. The molecular formula is C13H22O7. The number of carbonyl (C=O) groups is 1. The third-order valence-electron chi connectivity index (χ3n) is 3.38. The van der Waals surface area contributed by atoms with Crippen LogP contribution in [0, 0.1) is 0 Å². The average molecular weight is 290 g/mol. The smallest absolute Gasteiger partial charge is 0.367 e. The standard InChI is InChI=1S/C13H22O7/c1-5-16-10-9-8(7-18-12(3,4)20-9)19-13(10,11(14)15)17-6-2/h8-10H,5-7H2,1-4H3,(H,14,15)/t8-,9+,10-,13-/m0/s1. The molecule has 7 heteroatoms. The van der Waals surface area contributed by atoms with Crippen LogP contribution in [-0.4, -0.2) is 60.8 Å². The lowest BCUT2D eigenvalue weighted by Gasteiger charge is -2.38. The Morgan fingerprint density at radius 3 is 2.55 bits per heavy atom. The van der Waals surface area contributed by atoms with E-state index in [-0.39, 0.29) is 13.2 Å². The molecule has 2 saturated heterocycles. The minimum atomic E-state index is -1.84. The Kier molecular flexibility index (Phi) is 4.36. The molecule has 0 aromatic heterocycles. The largest absolute Gasteiger partial charge is 0.477 e. The van der Waals surface area contributed by atoms with Crippen LogP contribution >= 0.6 is 0 Å². The van der Waals surface area contributed by atoms with Crippen LogP contribution in [0.1, 0.15) is 27.7 Å². The fourth-order valence-electron chi connectivity index (χ4n) is 2.63. The van der Waals surface area contributed by atoms with E-state index in [4.69, 9.17) is 23.7 Å². The number of hydrogen-bond donors (Lipinski definition) is 1. The number of carboxylic acid groups (broad SMARTS) is 1. The van der Waals surface area contributed by atoms with Gasteiger partial charge in [-0.3, -0.25) is 0 Å². The summed E-state index contributed by atoms with van der Waals surface area (Å²) in [5.41, 5.74) is 0. The van der Waals surface area contributed by atoms with Gasteiger partial charge in [-0.1, -0.05) is 0 Å². The van der Waals surface area contributed by atoms with E-state index in [1.807, 2.05) is 0 Å². The van der Waals surface area contributed by atoms with Gasteiger partial charge in [0.25, 0.3) is 5.79 Å². The first kappa shape index (κ1) is 15.7. The maximum Gasteiger partial charge on any atom is 0.367 e. The van der Waals surface area contributed by atoms with Crippen LogP contribution in [0.5, 0.6) is 0 Å². The predicted molar refractivity (Wildman–Crippen MR) is 67.2 cm³/mol. The van der Waals surface area contributed by atoms with Crippen LogP contribution in [0.4, 0.5) is 0 Å². The number of aliphatic carboxylic acids is 1. The molecule has 0 radical (unpaired) electrons. The van der Waals surface area contributed by atoms with E-state index in [1.165, 1.54) is 0 Å². The molecule has 0 bridgehead atoms. The summed E-state index contributed by atoms with van der Waals surface area (Å²) < 4.78 is 27.9. The monoisotopic (exact) mass is 290 g/mol. The van der Waals surface area contributed by atoms with Gasteiger partial charge in [-0.25, -0.2) is 4.79 Å². The Labute approximate surface area is 118 Å². The maximum atomic E-state index is 11.7. The zero-order valence-electron chi connectivity index (χ0n) is 12.3. The molecule has 2 aliphatic heterocycles. The van der Waals surface area contributed by atoms with Crippen LogP contribution in [0.15, 0.2) is 0 Å². The third-order valence-corrected chi connectivity index (χ3v) is 3.38. The van der Waals surface area contributed by atoms with Gasteiger partial charge in [0.05, 0.1) is 6.61 Å². The average Bonchev–Trinajstić information content (AvgIpc) is 2.65. The Balaban J connectivity index is 2.32. The van der Waals surface area contributed by atoms with E-state index in [2.05, 4.69) is 0 Å². The van der Waals surface area contributed by atoms with Gasteiger partial charge in [-0.05, 0) is 27.7 Å². The predicted octanol–water partition coefficient (Wildman–Crippen LogP) is 0.759. The summed E-state index contributed by atoms with van der Waals surface area (Å²) in [6.07, 6.45) is -1.90. The van der Waals surface area contributed by atoms with Crippen molar-refractivity contribution in [2.45, 2.75) is 57.6 Å². The van der Waals surface area contributed by atoms with E-state index >= 15 is 0 Å². The molecule has 0 saturated carbocycles. The van der Waals surface area contributed by atoms with Gasteiger partial charge in [0, 0.05) is 13.2 Å². The first-order valence-electron chi connectivity index (χ1n) is 6.85. The van der Waals surface area contributed by atoms with Crippen molar-refractivity contribution in [1.29, 1.82) is 0 Å². The van der Waals surface area contributed by atoms with Crippen molar-refractivity contribution in [3.8, 4) is 0 Å². The van der Waals surface area contributed by atoms with Crippen LogP contribution < -0.4 is 0 Å². The lowest BCUT2D eigenvalue weighted by Crippen LogP contribution is -2.55. The number of carboxylic acids is 1. The van der Waals surface area contributed by atoms with E-state index in [0.717, 1.165) is 0 Å². The summed E-state index contributed by atoms with van der Waals surface area (Å²) in [4.78, 5) is 11.7. The molecular weight excluding hydrogens is 268 g/mol. The van der Waals surface area contributed by atoms with Gasteiger partial charge in [-0.15, -0.1) is 0 Å². The second-order valence-corrected chi connectivity index (χ2v) is 5.23. The van der Waals surface area contributed by atoms with Gasteiger partial charge in [-0.2, -0.15) is 0 Å². The molecule has 2 heterocycles. The van der Waals surface area contributed by atoms with Crippen molar-refractivity contribution >= 4 is 5.97 Å². The topological polar surface area (TPSA) is 83.5 Å². The highest BCUT2D eigenvalue weighted by atomic mass is 16.8. The van der Waals surface area contributed by atoms with Gasteiger partial charge in [0.15, 0.2) is 11.9 Å². The fourth-order valence-corrected chi connectivity index (χ4v) is 2.63. The summed E-state index contributed by atoms with van der Waals surface area (Å²) in [6.45, 7) is 7.81. The molecule has 2 aliphatic rings. The highest BCUT2D eigenvalue weighted by Gasteiger charge is 2.65. The summed E-state index contributed by atoms with van der Waals surface area (Å²) in [7, 11) is 0. The van der Waals surface area contributed by atoms with Crippen molar-refractivity contribution in [2.24, 2.45) is 0 Å². The van der Waals surface area contributed by atoms with Crippen LogP contribution in [0.2, 0.25) is 0 Å². The fraction of sp³-hybridized carbons (Fsp3) is 0.923. The number of hydrogen-bond acceptors (Lipinski definition) is 6. The van der Waals surface area contributed by atoms with Crippen molar-refractivity contribution in [3.05, 3.63) is 0 Å². The molecule has 0 spiro atoms. The zero-order valence-corrected chi connectivity index (χ0v) is 12.3. The molecule has 0 amide bonds. The van der Waals surface area contributed by atoms with E-state index in [0.29, 0.717) is 6.61 Å². The van der Waals surface area contributed by atoms with Gasteiger partial charge < -0.3 is 28.8 Å². The minimum Gasteiger partial charge on any atom is -0.477 e. The van der Waals surface area contributed by atoms with Gasteiger partial charge in [0.2, 0.25) is 0 Å². The second kappa shape index (κ2) is 5.57. The molecule has 1 N–H and O–H groups in total. The van der Waals surface area contributed by atoms with Gasteiger partial charge >= 0.3 is 5.97 Å². The highest BCUT2D eigenvalue weighted by Crippen LogP contribution is 2.41. The summed E-state index contributed by atoms with van der Waals surface area (Å²) in [6, 6.07) is 0. The molecule has 20 heavy (non-hydrogen) atoms. The molecule has 116 valence electrons. The first-order chi connectivity index (χ1) is 9.36. The summed E-state index contributed by atoms with van der Waals surface area (Å²) in [5, 5.41) is 9.54.